The van der Waals surface area contributed by atoms with Crippen LogP contribution in [-0.4, -0.2) is 24.5 Å². The maximum absolute atomic E-state index is 11.8. The first kappa shape index (κ1) is 13.9. The highest BCUT2D eigenvalue weighted by Crippen LogP contribution is 2.11. The molecule has 8 heteroatoms. The standard InChI is InChI=1S/C10H10F3N3O2/c11-10(12,13)6-15-8(17)5-16-3-1-2-7(4-16)9(14)18/h1-4H,5-6H2,(H2-,14,15,17,18)/p+1. The van der Waals surface area contributed by atoms with Gasteiger partial charge in [0.15, 0.2) is 12.4 Å². The maximum Gasteiger partial charge on any atom is 0.405 e. The van der Waals surface area contributed by atoms with Gasteiger partial charge in [-0.2, -0.15) is 17.7 Å². The second-order valence-electron chi connectivity index (χ2n) is 3.52. The third kappa shape index (κ3) is 4.81. The minimum absolute atomic E-state index is 0.168. The van der Waals surface area contributed by atoms with Gasteiger partial charge in [-0.15, -0.1) is 0 Å². The van der Waals surface area contributed by atoms with Gasteiger partial charge >= 0.3 is 6.18 Å². The molecule has 0 unspecified atom stereocenters. The van der Waals surface area contributed by atoms with Gasteiger partial charge in [-0.25, -0.2) is 0 Å². The Hall–Kier alpha value is -2.12. The molecule has 0 spiro atoms. The predicted molar refractivity (Wildman–Crippen MR) is 54.2 cm³/mol. The smallest absolute Gasteiger partial charge is 0.365 e. The molecule has 1 aromatic rings. The van der Waals surface area contributed by atoms with Crippen molar-refractivity contribution in [1.82, 2.24) is 5.32 Å². The van der Waals surface area contributed by atoms with Crippen molar-refractivity contribution >= 4 is 11.8 Å². The van der Waals surface area contributed by atoms with Gasteiger partial charge in [-0.1, -0.05) is 0 Å². The number of hydrogen-bond acceptors (Lipinski definition) is 2. The number of nitrogens with two attached hydrogens (primary N) is 1. The fourth-order valence-electron chi connectivity index (χ4n) is 1.19. The fraction of sp³-hybridized carbons (Fsp3) is 0.300. The Morgan fingerprint density at radius 1 is 1.39 bits per heavy atom. The first-order valence-electron chi connectivity index (χ1n) is 4.90. The molecule has 2 amide bonds. The summed E-state index contributed by atoms with van der Waals surface area (Å²) < 4.78 is 36.8. The molecule has 1 heterocycles. The number of rotatable bonds is 4. The highest BCUT2D eigenvalue weighted by atomic mass is 19.4. The van der Waals surface area contributed by atoms with Gasteiger partial charge < -0.3 is 11.1 Å². The molecule has 0 saturated carbocycles. The Morgan fingerprint density at radius 2 is 2.06 bits per heavy atom. The Balaban J connectivity index is 2.59. The maximum atomic E-state index is 11.8. The summed E-state index contributed by atoms with van der Waals surface area (Å²) in [7, 11) is 0. The van der Waals surface area contributed by atoms with Crippen molar-refractivity contribution in [2.24, 2.45) is 5.73 Å². The summed E-state index contributed by atoms with van der Waals surface area (Å²) in [5.41, 5.74) is 5.20. The second-order valence-corrected chi connectivity index (χ2v) is 3.52. The number of carbonyl (C=O) groups is 2. The molecular weight excluding hydrogens is 251 g/mol. The third-order valence-electron chi connectivity index (χ3n) is 1.95. The van der Waals surface area contributed by atoms with Crippen molar-refractivity contribution in [1.29, 1.82) is 0 Å². The normalized spacial score (nSPS) is 11.1. The molecule has 0 saturated heterocycles. The minimum atomic E-state index is -4.45. The van der Waals surface area contributed by atoms with Gasteiger partial charge in [0.2, 0.25) is 6.54 Å². The van der Waals surface area contributed by atoms with Gasteiger partial charge in [-0.05, 0) is 6.07 Å². The van der Waals surface area contributed by atoms with Crippen LogP contribution in [0.2, 0.25) is 0 Å². The van der Waals surface area contributed by atoms with Gasteiger partial charge in [0.1, 0.15) is 12.1 Å². The van der Waals surface area contributed by atoms with E-state index in [2.05, 4.69) is 0 Å². The van der Waals surface area contributed by atoms with Crippen LogP contribution in [0.25, 0.3) is 0 Å². The molecule has 0 bridgehead atoms. The zero-order valence-corrected chi connectivity index (χ0v) is 9.20. The zero-order valence-electron chi connectivity index (χ0n) is 9.20. The summed E-state index contributed by atoms with van der Waals surface area (Å²) in [4.78, 5) is 22.0. The number of halogens is 3. The van der Waals surface area contributed by atoms with E-state index in [4.69, 9.17) is 5.73 Å². The summed E-state index contributed by atoms with van der Waals surface area (Å²) in [6, 6.07) is 2.91. The summed E-state index contributed by atoms with van der Waals surface area (Å²) in [5, 5.41) is 1.72. The molecular formula is C10H11F3N3O2+. The number of aromatic nitrogens is 1. The molecule has 0 radical (unpaired) electrons. The number of pyridine rings is 1. The van der Waals surface area contributed by atoms with Crippen molar-refractivity contribution in [2.75, 3.05) is 6.54 Å². The zero-order chi connectivity index (χ0) is 13.8. The number of primary amides is 1. The highest BCUT2D eigenvalue weighted by Gasteiger charge is 2.28. The average Bonchev–Trinajstić information content (AvgIpc) is 2.26. The van der Waals surface area contributed by atoms with E-state index in [0.717, 1.165) is 0 Å². The van der Waals surface area contributed by atoms with Gasteiger partial charge in [0.05, 0.1) is 0 Å². The Morgan fingerprint density at radius 3 is 2.61 bits per heavy atom. The largest absolute Gasteiger partial charge is 0.405 e. The van der Waals surface area contributed by atoms with E-state index in [1.807, 2.05) is 0 Å². The second kappa shape index (κ2) is 5.48. The van der Waals surface area contributed by atoms with Crippen LogP contribution in [0.3, 0.4) is 0 Å². The molecule has 0 aliphatic carbocycles. The molecule has 5 nitrogen and oxygen atoms in total. The summed E-state index contributed by atoms with van der Waals surface area (Å²) in [6.45, 7) is -1.71. The molecule has 0 aliphatic heterocycles. The Bertz CT molecular complexity index is 460. The third-order valence-corrected chi connectivity index (χ3v) is 1.95. The lowest BCUT2D eigenvalue weighted by Crippen LogP contribution is -2.45. The topological polar surface area (TPSA) is 76.1 Å². The molecule has 0 atom stereocenters. The molecule has 18 heavy (non-hydrogen) atoms. The van der Waals surface area contributed by atoms with E-state index in [1.54, 1.807) is 5.32 Å². The fourth-order valence-corrected chi connectivity index (χ4v) is 1.19. The van der Waals surface area contributed by atoms with Gasteiger partial charge in [-0.3, -0.25) is 9.59 Å². The number of alkyl halides is 3. The Kier molecular flexibility index (Phi) is 4.24. The van der Waals surface area contributed by atoms with Crippen LogP contribution in [0.5, 0.6) is 0 Å². The average molecular weight is 262 g/mol. The van der Waals surface area contributed by atoms with Crippen molar-refractivity contribution in [2.45, 2.75) is 12.7 Å². The first-order chi connectivity index (χ1) is 8.28. The van der Waals surface area contributed by atoms with Crippen molar-refractivity contribution in [3.8, 4) is 0 Å². The van der Waals surface area contributed by atoms with E-state index in [0.29, 0.717) is 0 Å². The van der Waals surface area contributed by atoms with Gasteiger partial charge in [0.25, 0.3) is 11.8 Å². The van der Waals surface area contributed by atoms with E-state index in [1.165, 1.54) is 29.1 Å². The SMILES string of the molecule is NC(=O)c1ccc[n+](CC(=O)NCC(F)(F)F)c1. The van der Waals surface area contributed by atoms with Crippen LogP contribution in [0.4, 0.5) is 13.2 Å². The molecule has 1 aromatic heterocycles. The van der Waals surface area contributed by atoms with Crippen molar-refractivity contribution in [3.05, 3.63) is 30.1 Å². The number of carbonyl (C=O) groups excluding carboxylic acids is 2. The lowest BCUT2D eigenvalue weighted by molar-refractivity contribution is -0.684. The van der Waals surface area contributed by atoms with Crippen LogP contribution < -0.4 is 15.6 Å². The molecule has 1 rings (SSSR count). The van der Waals surface area contributed by atoms with E-state index >= 15 is 0 Å². The van der Waals surface area contributed by atoms with Crippen LogP contribution >= 0.6 is 0 Å². The van der Waals surface area contributed by atoms with E-state index in [-0.39, 0.29) is 12.1 Å². The molecule has 0 aliphatic rings. The highest BCUT2D eigenvalue weighted by molar-refractivity contribution is 5.92. The molecule has 3 N–H and O–H groups in total. The monoisotopic (exact) mass is 262 g/mol. The van der Waals surface area contributed by atoms with Crippen LogP contribution in [-0.2, 0) is 11.3 Å². The van der Waals surface area contributed by atoms with Gasteiger partial charge in [0, 0.05) is 6.07 Å². The summed E-state index contributed by atoms with van der Waals surface area (Å²) in [5.74, 6) is -1.49. The van der Waals surface area contributed by atoms with E-state index in [9.17, 15) is 22.8 Å². The number of amides is 2. The van der Waals surface area contributed by atoms with Crippen molar-refractivity contribution in [3.63, 3.8) is 0 Å². The van der Waals surface area contributed by atoms with Crippen LogP contribution in [0.15, 0.2) is 24.5 Å². The first-order valence-corrected chi connectivity index (χ1v) is 4.90. The van der Waals surface area contributed by atoms with Crippen LogP contribution in [0.1, 0.15) is 10.4 Å². The number of nitrogens with zero attached hydrogens (tertiary/aromatic N) is 1. The van der Waals surface area contributed by atoms with E-state index < -0.39 is 24.5 Å². The molecule has 0 aromatic carbocycles. The Labute approximate surface area is 100 Å². The molecule has 98 valence electrons. The lowest BCUT2D eigenvalue weighted by Gasteiger charge is -2.06. The minimum Gasteiger partial charge on any atom is -0.365 e. The molecule has 0 fully saturated rings. The lowest BCUT2D eigenvalue weighted by atomic mass is 10.3. The van der Waals surface area contributed by atoms with Crippen LogP contribution in [0, 0.1) is 0 Å². The number of nitrogens with one attached hydrogen (secondary N) is 1. The summed E-state index contributed by atoms with van der Waals surface area (Å²) >= 11 is 0. The quantitative estimate of drug-likeness (QED) is 0.734. The summed E-state index contributed by atoms with van der Waals surface area (Å²) in [6.07, 6.45) is -1.72. The predicted octanol–water partition coefficient (Wildman–Crippen LogP) is -0.249. The van der Waals surface area contributed by atoms with Crippen molar-refractivity contribution < 1.29 is 27.3 Å². The number of hydrogen-bond donors (Lipinski definition) is 2.